The van der Waals surface area contributed by atoms with E-state index in [1.54, 1.807) is 24.3 Å². The number of esters is 1. The highest BCUT2D eigenvalue weighted by Gasteiger charge is 2.17. The number of hydrogen-bond donors (Lipinski definition) is 1. The number of methoxy groups -OCH3 is 2. The molecular formula is C22H26FNO4. The Bertz CT molecular complexity index is 833. The molecule has 0 amide bonds. The largest absolute Gasteiger partial charge is 0.503 e. The highest BCUT2D eigenvalue weighted by Crippen LogP contribution is 2.25. The molecule has 0 fully saturated rings. The van der Waals surface area contributed by atoms with Gasteiger partial charge in [-0.2, -0.15) is 0 Å². The second-order valence-electron chi connectivity index (χ2n) is 6.62. The Morgan fingerprint density at radius 2 is 1.93 bits per heavy atom. The molecule has 0 atom stereocenters. The first-order valence-corrected chi connectivity index (χ1v) is 9.02. The van der Waals surface area contributed by atoms with E-state index in [4.69, 9.17) is 14.2 Å². The zero-order valence-electron chi connectivity index (χ0n) is 16.6. The van der Waals surface area contributed by atoms with Crippen molar-refractivity contribution in [2.75, 3.05) is 26.1 Å². The van der Waals surface area contributed by atoms with Crippen molar-refractivity contribution in [2.24, 2.45) is 5.92 Å². The number of carbonyl (C=O) groups excluding carboxylic acids is 1. The molecule has 0 saturated heterocycles. The molecule has 0 spiro atoms. The molecule has 0 heterocycles. The lowest BCUT2D eigenvalue weighted by molar-refractivity contribution is -0.133. The van der Waals surface area contributed by atoms with Crippen molar-refractivity contribution < 1.29 is 23.4 Å². The summed E-state index contributed by atoms with van der Waals surface area (Å²) >= 11 is 0. The van der Waals surface area contributed by atoms with Gasteiger partial charge in [-0.3, -0.25) is 0 Å². The summed E-state index contributed by atoms with van der Waals surface area (Å²) in [6.07, 6.45) is 1.33. The van der Waals surface area contributed by atoms with E-state index in [1.807, 2.05) is 12.1 Å². The van der Waals surface area contributed by atoms with Crippen molar-refractivity contribution >= 4 is 17.2 Å². The van der Waals surface area contributed by atoms with Gasteiger partial charge in [0.05, 0.1) is 26.2 Å². The van der Waals surface area contributed by atoms with E-state index < -0.39 is 5.97 Å². The number of hydrogen-bond acceptors (Lipinski definition) is 5. The Morgan fingerprint density at radius 1 is 1.18 bits per heavy atom. The molecule has 1 N–H and O–H groups in total. The molecule has 6 heteroatoms. The van der Waals surface area contributed by atoms with Gasteiger partial charge in [-0.25, -0.2) is 9.18 Å². The molecule has 0 saturated carbocycles. The lowest BCUT2D eigenvalue weighted by atomic mass is 10.0. The Balaban J connectivity index is 2.16. The molecule has 5 nitrogen and oxygen atoms in total. The van der Waals surface area contributed by atoms with Crippen LogP contribution in [-0.4, -0.2) is 26.7 Å². The normalized spacial score (nSPS) is 11.3. The predicted molar refractivity (Wildman–Crippen MR) is 108 cm³/mol. The molecule has 0 aromatic heterocycles. The van der Waals surface area contributed by atoms with Crippen molar-refractivity contribution in [3.8, 4) is 5.75 Å². The van der Waals surface area contributed by atoms with Crippen LogP contribution in [0, 0.1) is 11.7 Å². The fraction of sp³-hybridized carbons (Fsp3) is 0.318. The third kappa shape index (κ3) is 5.74. The van der Waals surface area contributed by atoms with Crippen LogP contribution in [0.3, 0.4) is 0 Å². The first-order chi connectivity index (χ1) is 13.5. The van der Waals surface area contributed by atoms with Crippen LogP contribution in [0.5, 0.6) is 5.75 Å². The van der Waals surface area contributed by atoms with Gasteiger partial charge in [0.1, 0.15) is 23.7 Å². The highest BCUT2D eigenvalue weighted by atomic mass is 19.1. The zero-order chi connectivity index (χ0) is 20.5. The molecule has 0 unspecified atom stereocenters. The van der Waals surface area contributed by atoms with E-state index in [-0.39, 0.29) is 18.0 Å². The molecule has 0 aliphatic rings. The van der Waals surface area contributed by atoms with Gasteiger partial charge in [0, 0.05) is 12.6 Å². The summed E-state index contributed by atoms with van der Waals surface area (Å²) in [6, 6.07) is 12.0. The maximum atomic E-state index is 14.3. The van der Waals surface area contributed by atoms with E-state index >= 15 is 0 Å². The Labute approximate surface area is 165 Å². The minimum Gasteiger partial charge on any atom is -0.503 e. The van der Waals surface area contributed by atoms with Crippen LogP contribution < -0.4 is 10.1 Å². The average Bonchev–Trinajstić information content (AvgIpc) is 2.69. The van der Waals surface area contributed by atoms with Gasteiger partial charge in [-0.05, 0) is 29.2 Å². The average molecular weight is 387 g/mol. The lowest BCUT2D eigenvalue weighted by Gasteiger charge is -2.14. The van der Waals surface area contributed by atoms with E-state index in [0.717, 1.165) is 5.56 Å². The fourth-order valence-electron chi connectivity index (χ4n) is 2.56. The van der Waals surface area contributed by atoms with Crippen LogP contribution >= 0.6 is 0 Å². The van der Waals surface area contributed by atoms with Crippen molar-refractivity contribution in [1.82, 2.24) is 0 Å². The second kappa shape index (κ2) is 10.3. The van der Waals surface area contributed by atoms with Crippen LogP contribution in [0.4, 0.5) is 10.1 Å². The van der Waals surface area contributed by atoms with Gasteiger partial charge in [0.2, 0.25) is 0 Å². The third-order valence-corrected chi connectivity index (χ3v) is 3.98. The van der Waals surface area contributed by atoms with E-state index in [0.29, 0.717) is 29.5 Å². The standard InChI is InChI=1S/C22H26FNO4/c1-15(2)12-24-21-10-9-17(11-20(21)23)28-13-16-7-5-6-8-18(16)19(14-26-3)22(25)27-4/h5-11,14-15,24H,12-13H2,1-4H3. The number of rotatable bonds is 9. The molecule has 0 aliphatic heterocycles. The first kappa shape index (κ1) is 21.3. The third-order valence-electron chi connectivity index (χ3n) is 3.98. The van der Waals surface area contributed by atoms with E-state index in [2.05, 4.69) is 19.2 Å². The number of halogens is 1. The minimum absolute atomic E-state index is 0.159. The van der Waals surface area contributed by atoms with Crippen molar-refractivity contribution in [1.29, 1.82) is 0 Å². The monoisotopic (exact) mass is 387 g/mol. The van der Waals surface area contributed by atoms with Crippen LogP contribution in [0.15, 0.2) is 48.7 Å². The summed E-state index contributed by atoms with van der Waals surface area (Å²) in [5.41, 5.74) is 2.10. The molecule has 28 heavy (non-hydrogen) atoms. The van der Waals surface area contributed by atoms with Gasteiger partial charge in [0.25, 0.3) is 0 Å². The molecular weight excluding hydrogens is 361 g/mol. The van der Waals surface area contributed by atoms with Gasteiger partial charge in [0.15, 0.2) is 0 Å². The van der Waals surface area contributed by atoms with Gasteiger partial charge in [-0.1, -0.05) is 38.1 Å². The molecule has 0 aliphatic carbocycles. The SMILES string of the molecule is COC=C(C(=O)OC)c1ccccc1COc1ccc(NCC(C)C)c(F)c1. The van der Waals surface area contributed by atoms with Gasteiger partial charge < -0.3 is 19.5 Å². The summed E-state index contributed by atoms with van der Waals surface area (Å²) in [7, 11) is 2.77. The summed E-state index contributed by atoms with van der Waals surface area (Å²) < 4.78 is 29.8. The lowest BCUT2D eigenvalue weighted by Crippen LogP contribution is -2.09. The topological polar surface area (TPSA) is 56.8 Å². The van der Waals surface area contributed by atoms with Crippen LogP contribution in [0.25, 0.3) is 5.57 Å². The van der Waals surface area contributed by atoms with E-state index in [1.165, 1.54) is 26.5 Å². The maximum Gasteiger partial charge on any atom is 0.341 e. The Kier molecular flexibility index (Phi) is 7.87. The first-order valence-electron chi connectivity index (χ1n) is 9.02. The fourth-order valence-corrected chi connectivity index (χ4v) is 2.56. The van der Waals surface area contributed by atoms with Crippen molar-refractivity contribution in [2.45, 2.75) is 20.5 Å². The number of carbonyl (C=O) groups is 1. The summed E-state index contributed by atoms with van der Waals surface area (Å²) in [6.45, 7) is 4.96. The Hall–Kier alpha value is -3.02. The predicted octanol–water partition coefficient (Wildman–Crippen LogP) is 4.63. The molecule has 2 rings (SSSR count). The molecule has 0 bridgehead atoms. The van der Waals surface area contributed by atoms with Crippen LogP contribution in [0.2, 0.25) is 0 Å². The smallest absolute Gasteiger partial charge is 0.341 e. The van der Waals surface area contributed by atoms with Crippen molar-refractivity contribution in [3.05, 3.63) is 65.7 Å². The second-order valence-corrected chi connectivity index (χ2v) is 6.62. The van der Waals surface area contributed by atoms with Gasteiger partial charge in [-0.15, -0.1) is 0 Å². The molecule has 2 aromatic rings. The summed E-state index contributed by atoms with van der Waals surface area (Å²) in [5.74, 6) is -0.0735. The van der Waals surface area contributed by atoms with Crippen LogP contribution in [-0.2, 0) is 20.9 Å². The number of ether oxygens (including phenoxy) is 3. The Morgan fingerprint density at radius 3 is 2.57 bits per heavy atom. The number of anilines is 1. The minimum atomic E-state index is -0.513. The number of benzene rings is 2. The van der Waals surface area contributed by atoms with Gasteiger partial charge >= 0.3 is 5.97 Å². The number of nitrogens with one attached hydrogen (secondary N) is 1. The highest BCUT2D eigenvalue weighted by molar-refractivity contribution is 6.16. The maximum absolute atomic E-state index is 14.3. The zero-order valence-corrected chi connectivity index (χ0v) is 16.6. The molecule has 150 valence electrons. The summed E-state index contributed by atoms with van der Waals surface area (Å²) in [4.78, 5) is 12.1. The molecule has 0 radical (unpaired) electrons. The van der Waals surface area contributed by atoms with E-state index in [9.17, 15) is 9.18 Å². The molecule has 2 aromatic carbocycles. The van der Waals surface area contributed by atoms with Crippen molar-refractivity contribution in [3.63, 3.8) is 0 Å². The van der Waals surface area contributed by atoms with Crippen LogP contribution in [0.1, 0.15) is 25.0 Å². The quantitative estimate of drug-likeness (QED) is 0.386. The summed E-state index contributed by atoms with van der Waals surface area (Å²) in [5, 5.41) is 3.07.